The zero-order valence-electron chi connectivity index (χ0n) is 13.4. The number of hydrogen-bond acceptors (Lipinski definition) is 2. The molecule has 4 heteroatoms. The van der Waals surface area contributed by atoms with Crippen LogP contribution in [0, 0.1) is 19.7 Å². The summed E-state index contributed by atoms with van der Waals surface area (Å²) in [5, 5.41) is 9.36. The highest BCUT2D eigenvalue weighted by Gasteiger charge is 2.19. The van der Waals surface area contributed by atoms with Gasteiger partial charge in [0.1, 0.15) is 11.6 Å². The molecule has 0 fully saturated rings. The van der Waals surface area contributed by atoms with E-state index >= 15 is 0 Å². The lowest BCUT2D eigenvalue weighted by molar-refractivity contribution is -0.139. The van der Waals surface area contributed by atoms with Gasteiger partial charge < -0.3 is 9.84 Å². The van der Waals surface area contributed by atoms with E-state index in [9.17, 15) is 14.3 Å². The Morgan fingerprint density at radius 3 is 2.52 bits per heavy atom. The molecule has 0 aliphatic rings. The molecular weight excluding hydrogens is 295 g/mol. The monoisotopic (exact) mass is 316 g/mol. The van der Waals surface area contributed by atoms with E-state index in [2.05, 4.69) is 0 Å². The minimum absolute atomic E-state index is 0.365. The van der Waals surface area contributed by atoms with Crippen LogP contribution in [-0.4, -0.2) is 17.7 Å². The molecule has 0 aliphatic carbocycles. The highest BCUT2D eigenvalue weighted by Crippen LogP contribution is 2.24. The first-order valence-electron chi connectivity index (χ1n) is 7.66. The molecule has 0 amide bonds. The van der Waals surface area contributed by atoms with Gasteiger partial charge in [0.15, 0.2) is 0 Å². The average molecular weight is 316 g/mol. The van der Waals surface area contributed by atoms with Crippen LogP contribution in [0.1, 0.15) is 35.4 Å². The zero-order chi connectivity index (χ0) is 16.8. The van der Waals surface area contributed by atoms with Gasteiger partial charge in [-0.1, -0.05) is 24.3 Å². The number of ether oxygens (including phenoxy) is 1. The van der Waals surface area contributed by atoms with Gasteiger partial charge >= 0.3 is 5.97 Å². The maximum atomic E-state index is 12.9. The molecule has 0 spiro atoms. The Bertz CT molecular complexity index is 665. The van der Waals surface area contributed by atoms with E-state index < -0.39 is 11.9 Å². The fraction of sp³-hybridized carbons (Fsp3) is 0.316. The maximum absolute atomic E-state index is 12.9. The van der Waals surface area contributed by atoms with Gasteiger partial charge in [-0.25, -0.2) is 4.39 Å². The van der Waals surface area contributed by atoms with Crippen molar-refractivity contribution in [1.29, 1.82) is 0 Å². The van der Waals surface area contributed by atoms with Gasteiger partial charge in [-0.15, -0.1) is 0 Å². The third kappa shape index (κ3) is 4.55. The van der Waals surface area contributed by atoms with Gasteiger partial charge in [0.2, 0.25) is 0 Å². The van der Waals surface area contributed by atoms with Gasteiger partial charge in [-0.2, -0.15) is 0 Å². The van der Waals surface area contributed by atoms with Crippen molar-refractivity contribution < 1.29 is 19.0 Å². The van der Waals surface area contributed by atoms with Crippen LogP contribution >= 0.6 is 0 Å². The lowest BCUT2D eigenvalue weighted by Crippen LogP contribution is -2.13. The fourth-order valence-electron chi connectivity index (χ4n) is 2.48. The predicted octanol–water partition coefficient (Wildman–Crippen LogP) is 4.47. The van der Waals surface area contributed by atoms with Crippen LogP contribution in [0.5, 0.6) is 5.75 Å². The molecule has 122 valence electrons. The number of carboxylic acid groups (broad SMARTS) is 1. The first-order chi connectivity index (χ1) is 11.0. The van der Waals surface area contributed by atoms with E-state index in [0.717, 1.165) is 16.9 Å². The van der Waals surface area contributed by atoms with Crippen molar-refractivity contribution in [1.82, 2.24) is 0 Å². The first-order valence-corrected chi connectivity index (χ1v) is 7.66. The van der Waals surface area contributed by atoms with Crippen LogP contribution in [0.25, 0.3) is 0 Å². The van der Waals surface area contributed by atoms with Crippen LogP contribution in [0.4, 0.5) is 4.39 Å². The normalized spacial score (nSPS) is 12.0. The van der Waals surface area contributed by atoms with Crippen LogP contribution in [0.2, 0.25) is 0 Å². The molecule has 0 bridgehead atoms. The zero-order valence-corrected chi connectivity index (χ0v) is 13.4. The molecule has 23 heavy (non-hydrogen) atoms. The molecule has 3 nitrogen and oxygen atoms in total. The number of hydrogen-bond donors (Lipinski definition) is 1. The molecule has 0 radical (unpaired) electrons. The van der Waals surface area contributed by atoms with Gasteiger partial charge in [0, 0.05) is 0 Å². The molecular formula is C19H21FO3. The van der Waals surface area contributed by atoms with Gasteiger partial charge in [-0.3, -0.25) is 4.79 Å². The molecule has 0 saturated heterocycles. The number of aliphatic carboxylic acids is 1. The summed E-state index contributed by atoms with van der Waals surface area (Å²) in [7, 11) is 0. The van der Waals surface area contributed by atoms with Crippen molar-refractivity contribution >= 4 is 5.97 Å². The summed E-state index contributed by atoms with van der Waals surface area (Å²) in [6.45, 7) is 4.48. The largest absolute Gasteiger partial charge is 0.493 e. The van der Waals surface area contributed by atoms with E-state index in [1.165, 1.54) is 24.3 Å². The molecule has 0 heterocycles. The Morgan fingerprint density at radius 2 is 1.87 bits per heavy atom. The SMILES string of the molecule is Cc1cccc(OCCCC(C(=O)O)c2ccc(F)cc2)c1C. The minimum atomic E-state index is -0.900. The Morgan fingerprint density at radius 1 is 1.17 bits per heavy atom. The summed E-state index contributed by atoms with van der Waals surface area (Å²) < 4.78 is 18.7. The average Bonchev–Trinajstić information content (AvgIpc) is 2.52. The van der Waals surface area contributed by atoms with Crippen LogP contribution in [0.15, 0.2) is 42.5 Å². The topological polar surface area (TPSA) is 46.5 Å². The Balaban J connectivity index is 1.91. The fourth-order valence-corrected chi connectivity index (χ4v) is 2.48. The van der Waals surface area contributed by atoms with E-state index in [1.54, 1.807) is 0 Å². The van der Waals surface area contributed by atoms with E-state index in [-0.39, 0.29) is 5.82 Å². The van der Waals surface area contributed by atoms with Crippen LogP contribution < -0.4 is 4.74 Å². The number of rotatable bonds is 7. The second kappa shape index (κ2) is 7.77. The second-order valence-electron chi connectivity index (χ2n) is 5.63. The quantitative estimate of drug-likeness (QED) is 0.767. The van der Waals surface area contributed by atoms with Crippen molar-refractivity contribution in [2.75, 3.05) is 6.61 Å². The molecule has 0 saturated carbocycles. The number of halogens is 1. The van der Waals surface area contributed by atoms with Crippen molar-refractivity contribution in [3.8, 4) is 5.75 Å². The van der Waals surface area contributed by atoms with Crippen molar-refractivity contribution in [2.45, 2.75) is 32.6 Å². The molecule has 2 aromatic carbocycles. The highest BCUT2D eigenvalue weighted by molar-refractivity contribution is 5.75. The summed E-state index contributed by atoms with van der Waals surface area (Å²) in [6, 6.07) is 11.5. The number of aryl methyl sites for hydroxylation is 1. The highest BCUT2D eigenvalue weighted by atomic mass is 19.1. The minimum Gasteiger partial charge on any atom is -0.493 e. The Labute approximate surface area is 135 Å². The molecule has 2 aromatic rings. The molecule has 1 atom stereocenters. The van der Waals surface area contributed by atoms with Gasteiger partial charge in [-0.05, 0) is 61.6 Å². The smallest absolute Gasteiger partial charge is 0.310 e. The van der Waals surface area contributed by atoms with E-state index in [1.807, 2.05) is 32.0 Å². The Hall–Kier alpha value is -2.36. The standard InChI is InChI=1S/C19H21FO3/c1-13-5-3-7-18(14(13)2)23-12-4-6-17(19(21)22)15-8-10-16(20)11-9-15/h3,5,7-11,17H,4,6,12H2,1-2H3,(H,21,22). The number of benzene rings is 2. The molecule has 1 N–H and O–H groups in total. The molecule has 2 rings (SSSR count). The number of carbonyl (C=O) groups is 1. The van der Waals surface area contributed by atoms with Crippen molar-refractivity contribution in [3.05, 3.63) is 65.0 Å². The summed E-state index contributed by atoms with van der Waals surface area (Å²) in [5.41, 5.74) is 2.88. The van der Waals surface area contributed by atoms with Gasteiger partial charge in [0.05, 0.1) is 12.5 Å². The van der Waals surface area contributed by atoms with Crippen molar-refractivity contribution in [3.63, 3.8) is 0 Å². The lowest BCUT2D eigenvalue weighted by Gasteiger charge is -2.14. The van der Waals surface area contributed by atoms with Crippen LogP contribution in [0.3, 0.4) is 0 Å². The van der Waals surface area contributed by atoms with E-state index in [4.69, 9.17) is 4.74 Å². The van der Waals surface area contributed by atoms with Crippen molar-refractivity contribution in [2.24, 2.45) is 0 Å². The maximum Gasteiger partial charge on any atom is 0.310 e. The predicted molar refractivity (Wildman–Crippen MR) is 87.4 cm³/mol. The summed E-state index contributed by atoms with van der Waals surface area (Å²) >= 11 is 0. The molecule has 0 aromatic heterocycles. The van der Waals surface area contributed by atoms with Gasteiger partial charge in [0.25, 0.3) is 0 Å². The third-order valence-electron chi connectivity index (χ3n) is 4.02. The summed E-state index contributed by atoms with van der Waals surface area (Å²) in [4.78, 5) is 11.4. The summed E-state index contributed by atoms with van der Waals surface area (Å²) in [5.74, 6) is -1.07. The summed E-state index contributed by atoms with van der Waals surface area (Å²) in [6.07, 6.45) is 1.06. The lowest BCUT2D eigenvalue weighted by atomic mass is 9.94. The second-order valence-corrected chi connectivity index (χ2v) is 5.63. The Kier molecular flexibility index (Phi) is 5.74. The first kappa shape index (κ1) is 17.0. The van der Waals surface area contributed by atoms with Crippen LogP contribution in [-0.2, 0) is 4.79 Å². The third-order valence-corrected chi connectivity index (χ3v) is 4.02. The molecule has 0 aliphatic heterocycles. The molecule has 1 unspecified atom stereocenters. The van der Waals surface area contributed by atoms with E-state index in [0.29, 0.717) is 25.0 Å². The number of carboxylic acids is 1.